The topological polar surface area (TPSA) is 12.0 Å². The molecule has 1 N–H and O–H groups in total. The molecule has 0 aromatic heterocycles. The van der Waals surface area contributed by atoms with Crippen LogP contribution >= 0.6 is 45.8 Å². The summed E-state index contributed by atoms with van der Waals surface area (Å²) in [5.41, 5.74) is 2.15. The second-order valence-electron chi connectivity index (χ2n) is 4.01. The van der Waals surface area contributed by atoms with Gasteiger partial charge in [-0.15, -0.1) is 0 Å². The maximum absolute atomic E-state index is 6.19. The number of halogens is 3. The highest BCUT2D eigenvalue weighted by atomic mass is 127. The SMILES string of the molecule is CC(Nc1ccc(Cl)cc1I)c1ccccc1Cl. The summed E-state index contributed by atoms with van der Waals surface area (Å²) in [6.07, 6.45) is 0. The van der Waals surface area contributed by atoms with Gasteiger partial charge in [-0.3, -0.25) is 0 Å². The Bertz CT molecular complexity index is 557. The van der Waals surface area contributed by atoms with Gasteiger partial charge in [0.1, 0.15) is 0 Å². The van der Waals surface area contributed by atoms with Gasteiger partial charge in [0.2, 0.25) is 0 Å². The first-order valence-electron chi connectivity index (χ1n) is 5.54. The summed E-state index contributed by atoms with van der Waals surface area (Å²) in [7, 11) is 0. The van der Waals surface area contributed by atoms with E-state index < -0.39 is 0 Å². The third-order valence-electron chi connectivity index (χ3n) is 2.67. The van der Waals surface area contributed by atoms with Gasteiger partial charge < -0.3 is 5.32 Å². The normalized spacial score (nSPS) is 12.2. The Morgan fingerprint density at radius 3 is 2.50 bits per heavy atom. The zero-order chi connectivity index (χ0) is 13.1. The Hall–Kier alpha value is -0.450. The van der Waals surface area contributed by atoms with Crippen molar-refractivity contribution in [3.8, 4) is 0 Å². The molecule has 0 bridgehead atoms. The third kappa shape index (κ3) is 3.31. The monoisotopic (exact) mass is 391 g/mol. The van der Waals surface area contributed by atoms with E-state index in [1.54, 1.807) is 0 Å². The maximum Gasteiger partial charge on any atom is 0.0500 e. The van der Waals surface area contributed by atoms with Gasteiger partial charge in [-0.05, 0) is 59.3 Å². The van der Waals surface area contributed by atoms with Crippen LogP contribution in [0.5, 0.6) is 0 Å². The molecule has 0 spiro atoms. The Balaban J connectivity index is 2.21. The minimum Gasteiger partial charge on any atom is -0.378 e. The molecule has 0 saturated heterocycles. The molecule has 0 aliphatic rings. The number of nitrogens with one attached hydrogen (secondary N) is 1. The summed E-state index contributed by atoms with van der Waals surface area (Å²) >= 11 is 14.4. The van der Waals surface area contributed by atoms with Gasteiger partial charge in [-0.25, -0.2) is 0 Å². The van der Waals surface area contributed by atoms with Crippen LogP contribution in [0.25, 0.3) is 0 Å². The van der Waals surface area contributed by atoms with Crippen LogP contribution in [0, 0.1) is 3.57 Å². The average Bonchev–Trinajstić information content (AvgIpc) is 2.33. The van der Waals surface area contributed by atoms with Crippen LogP contribution in [0.2, 0.25) is 10.0 Å². The molecule has 1 nitrogen and oxygen atoms in total. The molecule has 0 amide bonds. The highest BCUT2D eigenvalue weighted by Gasteiger charge is 2.10. The summed E-state index contributed by atoms with van der Waals surface area (Å²) in [5.74, 6) is 0. The molecule has 1 unspecified atom stereocenters. The van der Waals surface area contributed by atoms with Gasteiger partial charge in [0, 0.05) is 19.3 Å². The van der Waals surface area contributed by atoms with E-state index in [1.807, 2.05) is 42.5 Å². The fourth-order valence-corrected chi connectivity index (χ4v) is 3.07. The second kappa shape index (κ2) is 6.13. The first-order chi connectivity index (χ1) is 8.58. The van der Waals surface area contributed by atoms with E-state index in [-0.39, 0.29) is 6.04 Å². The molecule has 0 heterocycles. The molecule has 18 heavy (non-hydrogen) atoms. The number of anilines is 1. The van der Waals surface area contributed by atoms with Crippen molar-refractivity contribution >= 4 is 51.5 Å². The van der Waals surface area contributed by atoms with Crippen molar-refractivity contribution in [2.24, 2.45) is 0 Å². The fraction of sp³-hybridized carbons (Fsp3) is 0.143. The Kier molecular flexibility index (Phi) is 4.76. The first kappa shape index (κ1) is 14.0. The lowest BCUT2D eigenvalue weighted by Gasteiger charge is -2.18. The van der Waals surface area contributed by atoms with Crippen LogP contribution in [-0.4, -0.2) is 0 Å². The van der Waals surface area contributed by atoms with Crippen LogP contribution in [0.4, 0.5) is 5.69 Å². The number of benzene rings is 2. The number of hydrogen-bond acceptors (Lipinski definition) is 1. The molecule has 1 atom stereocenters. The van der Waals surface area contributed by atoms with E-state index in [0.29, 0.717) is 0 Å². The third-order valence-corrected chi connectivity index (χ3v) is 4.15. The summed E-state index contributed by atoms with van der Waals surface area (Å²) in [4.78, 5) is 0. The highest BCUT2D eigenvalue weighted by molar-refractivity contribution is 14.1. The van der Waals surface area contributed by atoms with E-state index in [9.17, 15) is 0 Å². The molecular formula is C14H12Cl2IN. The standard InChI is InChI=1S/C14H12Cl2IN/c1-9(11-4-2-3-5-12(11)16)18-14-7-6-10(15)8-13(14)17/h2-9,18H,1H3. The van der Waals surface area contributed by atoms with Crippen molar-refractivity contribution in [2.75, 3.05) is 5.32 Å². The number of hydrogen-bond donors (Lipinski definition) is 1. The molecule has 2 aromatic carbocycles. The fourth-order valence-electron chi connectivity index (χ4n) is 1.74. The molecule has 4 heteroatoms. The molecule has 0 aliphatic heterocycles. The summed E-state index contributed by atoms with van der Waals surface area (Å²) < 4.78 is 1.10. The zero-order valence-corrected chi connectivity index (χ0v) is 13.4. The summed E-state index contributed by atoms with van der Waals surface area (Å²) in [5, 5.41) is 4.97. The minimum absolute atomic E-state index is 0.147. The molecule has 0 aliphatic carbocycles. The quantitative estimate of drug-likeness (QED) is 0.654. The minimum atomic E-state index is 0.147. The van der Waals surface area contributed by atoms with Crippen molar-refractivity contribution in [1.82, 2.24) is 0 Å². The largest absolute Gasteiger partial charge is 0.378 e. The molecule has 2 aromatic rings. The van der Waals surface area contributed by atoms with Crippen molar-refractivity contribution in [2.45, 2.75) is 13.0 Å². The smallest absolute Gasteiger partial charge is 0.0500 e. The van der Waals surface area contributed by atoms with Gasteiger partial charge in [0.05, 0.1) is 6.04 Å². The summed E-state index contributed by atoms with van der Waals surface area (Å²) in [6.45, 7) is 2.09. The molecule has 0 radical (unpaired) electrons. The van der Waals surface area contributed by atoms with Crippen LogP contribution in [0.3, 0.4) is 0 Å². The van der Waals surface area contributed by atoms with E-state index in [4.69, 9.17) is 23.2 Å². The lowest BCUT2D eigenvalue weighted by molar-refractivity contribution is 0.884. The van der Waals surface area contributed by atoms with Gasteiger partial charge >= 0.3 is 0 Å². The van der Waals surface area contributed by atoms with E-state index in [0.717, 1.165) is 24.9 Å². The van der Waals surface area contributed by atoms with Gasteiger partial charge in [-0.2, -0.15) is 0 Å². The van der Waals surface area contributed by atoms with Gasteiger partial charge in [0.25, 0.3) is 0 Å². The maximum atomic E-state index is 6.19. The van der Waals surface area contributed by atoms with Crippen LogP contribution < -0.4 is 5.32 Å². The van der Waals surface area contributed by atoms with Crippen LogP contribution in [0.1, 0.15) is 18.5 Å². The Morgan fingerprint density at radius 1 is 1.11 bits per heavy atom. The van der Waals surface area contributed by atoms with Gasteiger partial charge in [-0.1, -0.05) is 41.4 Å². The second-order valence-corrected chi connectivity index (χ2v) is 6.02. The summed E-state index contributed by atoms with van der Waals surface area (Å²) in [6, 6.07) is 13.8. The lowest BCUT2D eigenvalue weighted by atomic mass is 10.1. The highest BCUT2D eigenvalue weighted by Crippen LogP contribution is 2.29. The average molecular weight is 392 g/mol. The number of rotatable bonds is 3. The predicted molar refractivity (Wildman–Crippen MR) is 87.7 cm³/mol. The van der Waals surface area contributed by atoms with Crippen LogP contribution in [-0.2, 0) is 0 Å². The van der Waals surface area contributed by atoms with Crippen molar-refractivity contribution in [3.63, 3.8) is 0 Å². The molecule has 2 rings (SSSR count). The van der Waals surface area contributed by atoms with E-state index in [1.165, 1.54) is 0 Å². The molecule has 94 valence electrons. The van der Waals surface area contributed by atoms with E-state index >= 15 is 0 Å². The van der Waals surface area contributed by atoms with Crippen molar-refractivity contribution in [1.29, 1.82) is 0 Å². The van der Waals surface area contributed by atoms with Crippen LogP contribution in [0.15, 0.2) is 42.5 Å². The van der Waals surface area contributed by atoms with Crippen molar-refractivity contribution in [3.05, 3.63) is 61.6 Å². The molecular weight excluding hydrogens is 380 g/mol. The van der Waals surface area contributed by atoms with Crippen molar-refractivity contribution < 1.29 is 0 Å². The van der Waals surface area contributed by atoms with E-state index in [2.05, 4.69) is 34.8 Å². The van der Waals surface area contributed by atoms with Gasteiger partial charge in [0.15, 0.2) is 0 Å². The lowest BCUT2D eigenvalue weighted by Crippen LogP contribution is -2.08. The predicted octanol–water partition coefficient (Wildman–Crippen LogP) is 5.77. The first-order valence-corrected chi connectivity index (χ1v) is 7.37. The molecule has 0 saturated carbocycles. The zero-order valence-electron chi connectivity index (χ0n) is 9.75. The molecule has 0 fully saturated rings. The Labute approximate surface area is 131 Å². The Morgan fingerprint density at radius 2 is 1.83 bits per heavy atom.